The number of hydrogen-bond acceptors (Lipinski definition) is 2. The van der Waals surface area contributed by atoms with Gasteiger partial charge in [-0.2, -0.15) is 11.8 Å². The number of nitrogens with one attached hydrogen (secondary N) is 1. The minimum atomic E-state index is 0.511. The van der Waals surface area contributed by atoms with Gasteiger partial charge in [-0.05, 0) is 49.1 Å². The number of hydrogen-bond donors (Lipinski definition) is 1. The first-order valence-corrected chi connectivity index (χ1v) is 8.63. The van der Waals surface area contributed by atoms with E-state index in [1.807, 2.05) is 0 Å². The van der Waals surface area contributed by atoms with Crippen LogP contribution in [0.3, 0.4) is 0 Å². The van der Waals surface area contributed by atoms with Crippen LogP contribution in [0.5, 0.6) is 0 Å². The fourth-order valence-corrected chi connectivity index (χ4v) is 4.47. The van der Waals surface area contributed by atoms with E-state index in [0.717, 1.165) is 11.2 Å². The monoisotopic (exact) mass is 277 g/mol. The molecule has 0 aliphatic carbocycles. The molecular weight excluding hydrogens is 250 g/mol. The summed E-state index contributed by atoms with van der Waals surface area (Å²) in [5.41, 5.74) is 2.95. The fraction of sp³-hybridized carbons (Fsp3) is 0.647. The highest BCUT2D eigenvalue weighted by atomic mass is 32.2. The van der Waals surface area contributed by atoms with Gasteiger partial charge < -0.3 is 5.32 Å². The molecule has 1 saturated heterocycles. The van der Waals surface area contributed by atoms with E-state index in [2.05, 4.69) is 62.2 Å². The van der Waals surface area contributed by atoms with Crippen LogP contribution in [0.2, 0.25) is 0 Å². The van der Waals surface area contributed by atoms with E-state index in [9.17, 15) is 0 Å². The predicted molar refractivity (Wildman–Crippen MR) is 86.9 cm³/mol. The highest BCUT2D eigenvalue weighted by Crippen LogP contribution is 2.34. The average Bonchev–Trinajstić information content (AvgIpc) is 2.40. The second-order valence-electron chi connectivity index (χ2n) is 6.01. The Hall–Kier alpha value is -0.470. The summed E-state index contributed by atoms with van der Waals surface area (Å²) >= 11 is 2.15. The van der Waals surface area contributed by atoms with Crippen molar-refractivity contribution < 1.29 is 0 Å². The first-order valence-electron chi connectivity index (χ1n) is 7.58. The third kappa shape index (κ3) is 4.25. The van der Waals surface area contributed by atoms with Gasteiger partial charge in [0.05, 0.1) is 0 Å². The normalized spacial score (nSPS) is 21.6. The van der Waals surface area contributed by atoms with Crippen LogP contribution < -0.4 is 5.32 Å². The molecule has 0 spiro atoms. The summed E-state index contributed by atoms with van der Waals surface area (Å²) in [6, 6.07) is 9.71. The highest BCUT2D eigenvalue weighted by Gasteiger charge is 2.24. The molecular formula is C17H27NS. The Balaban J connectivity index is 2.12. The second kappa shape index (κ2) is 7.35. The third-order valence-electron chi connectivity index (χ3n) is 3.85. The maximum Gasteiger partial charge on any atom is 0.0438 e. The van der Waals surface area contributed by atoms with Crippen LogP contribution in [0.1, 0.15) is 50.3 Å². The molecule has 1 fully saturated rings. The zero-order valence-corrected chi connectivity index (χ0v) is 13.3. The molecule has 2 atom stereocenters. The van der Waals surface area contributed by atoms with E-state index < -0.39 is 0 Å². The molecule has 1 aliphatic heterocycles. The van der Waals surface area contributed by atoms with Crippen LogP contribution in [-0.2, 0) is 6.42 Å². The van der Waals surface area contributed by atoms with Crippen molar-refractivity contribution in [2.45, 2.75) is 50.8 Å². The smallest absolute Gasteiger partial charge is 0.0438 e. The maximum atomic E-state index is 3.55. The van der Waals surface area contributed by atoms with E-state index >= 15 is 0 Å². The first kappa shape index (κ1) is 14.9. The third-order valence-corrected chi connectivity index (χ3v) is 5.31. The summed E-state index contributed by atoms with van der Waals surface area (Å²) in [6.07, 6.45) is 5.32. The SMILES string of the molecule is CNC(c1cccc(CC(C)C)c1)C1CCCCS1. The van der Waals surface area contributed by atoms with Crippen molar-refractivity contribution in [3.63, 3.8) is 0 Å². The molecule has 2 heteroatoms. The molecule has 1 N–H and O–H groups in total. The largest absolute Gasteiger partial charge is 0.312 e. The van der Waals surface area contributed by atoms with Crippen LogP contribution in [0, 0.1) is 5.92 Å². The molecule has 19 heavy (non-hydrogen) atoms. The summed E-state index contributed by atoms with van der Waals surface area (Å²) in [5, 5.41) is 4.29. The lowest BCUT2D eigenvalue weighted by Crippen LogP contribution is -2.29. The van der Waals surface area contributed by atoms with E-state index in [1.165, 1.54) is 42.6 Å². The van der Waals surface area contributed by atoms with Crippen LogP contribution in [0.4, 0.5) is 0 Å². The van der Waals surface area contributed by atoms with Gasteiger partial charge >= 0.3 is 0 Å². The molecule has 2 unspecified atom stereocenters. The van der Waals surface area contributed by atoms with Crippen molar-refractivity contribution in [2.24, 2.45) is 5.92 Å². The maximum absolute atomic E-state index is 3.55. The van der Waals surface area contributed by atoms with E-state index in [1.54, 1.807) is 0 Å². The Morgan fingerprint density at radius 1 is 1.32 bits per heavy atom. The molecule has 0 aromatic heterocycles. The molecule has 1 aromatic rings. The van der Waals surface area contributed by atoms with Gasteiger partial charge in [0, 0.05) is 11.3 Å². The van der Waals surface area contributed by atoms with Crippen molar-refractivity contribution in [1.29, 1.82) is 0 Å². The van der Waals surface area contributed by atoms with Gasteiger partial charge in [-0.1, -0.05) is 44.5 Å². The quantitative estimate of drug-likeness (QED) is 0.854. The number of thioether (sulfide) groups is 1. The lowest BCUT2D eigenvalue weighted by atomic mass is 9.95. The first-order chi connectivity index (χ1) is 9.20. The topological polar surface area (TPSA) is 12.0 Å². The van der Waals surface area contributed by atoms with Gasteiger partial charge in [-0.3, -0.25) is 0 Å². The Morgan fingerprint density at radius 2 is 2.16 bits per heavy atom. The Labute approximate surface area is 122 Å². The predicted octanol–water partition coefficient (Wildman–Crippen LogP) is 4.43. The van der Waals surface area contributed by atoms with Crippen molar-refractivity contribution in [1.82, 2.24) is 5.32 Å². The fourth-order valence-electron chi connectivity index (χ4n) is 2.98. The van der Waals surface area contributed by atoms with Crippen LogP contribution in [0.15, 0.2) is 24.3 Å². The van der Waals surface area contributed by atoms with Crippen molar-refractivity contribution >= 4 is 11.8 Å². The van der Waals surface area contributed by atoms with Gasteiger partial charge in [0.15, 0.2) is 0 Å². The molecule has 0 saturated carbocycles. The van der Waals surface area contributed by atoms with E-state index in [0.29, 0.717) is 6.04 Å². The van der Waals surface area contributed by atoms with Crippen molar-refractivity contribution in [3.05, 3.63) is 35.4 Å². The average molecular weight is 277 g/mol. The summed E-state index contributed by atoms with van der Waals surface area (Å²) < 4.78 is 0. The Bertz CT molecular complexity index is 383. The summed E-state index contributed by atoms with van der Waals surface area (Å²) in [4.78, 5) is 0. The van der Waals surface area contributed by atoms with Crippen LogP contribution in [-0.4, -0.2) is 18.1 Å². The van der Waals surface area contributed by atoms with Gasteiger partial charge in [0.1, 0.15) is 0 Å². The highest BCUT2D eigenvalue weighted by molar-refractivity contribution is 8.00. The molecule has 2 rings (SSSR count). The van der Waals surface area contributed by atoms with E-state index in [-0.39, 0.29) is 0 Å². The zero-order chi connectivity index (χ0) is 13.7. The molecule has 0 bridgehead atoms. The Morgan fingerprint density at radius 3 is 2.79 bits per heavy atom. The summed E-state index contributed by atoms with van der Waals surface area (Å²) in [7, 11) is 2.11. The zero-order valence-electron chi connectivity index (χ0n) is 12.5. The molecule has 0 radical (unpaired) electrons. The van der Waals surface area contributed by atoms with Gasteiger partial charge in [-0.15, -0.1) is 0 Å². The van der Waals surface area contributed by atoms with E-state index in [4.69, 9.17) is 0 Å². The van der Waals surface area contributed by atoms with Crippen molar-refractivity contribution in [3.8, 4) is 0 Å². The van der Waals surface area contributed by atoms with Crippen LogP contribution >= 0.6 is 11.8 Å². The lowest BCUT2D eigenvalue weighted by Gasteiger charge is -2.30. The molecule has 1 aromatic carbocycles. The van der Waals surface area contributed by atoms with Crippen LogP contribution in [0.25, 0.3) is 0 Å². The summed E-state index contributed by atoms with van der Waals surface area (Å²) in [5.74, 6) is 2.06. The lowest BCUT2D eigenvalue weighted by molar-refractivity contribution is 0.515. The Kier molecular flexibility index (Phi) is 5.77. The molecule has 106 valence electrons. The number of benzene rings is 1. The minimum Gasteiger partial charge on any atom is -0.312 e. The van der Waals surface area contributed by atoms with Gasteiger partial charge in [-0.25, -0.2) is 0 Å². The van der Waals surface area contributed by atoms with Crippen molar-refractivity contribution in [2.75, 3.05) is 12.8 Å². The standard InChI is InChI=1S/C17H27NS/c1-13(2)11-14-7-6-8-15(12-14)17(18-3)16-9-4-5-10-19-16/h6-8,12-13,16-18H,4-5,9-11H2,1-3H3. The second-order valence-corrected chi connectivity index (χ2v) is 7.36. The van der Waals surface area contributed by atoms with Gasteiger partial charge in [0.25, 0.3) is 0 Å². The molecule has 0 amide bonds. The molecule has 1 heterocycles. The number of rotatable bonds is 5. The molecule has 1 aliphatic rings. The minimum absolute atomic E-state index is 0.511. The van der Waals surface area contributed by atoms with Gasteiger partial charge in [0.2, 0.25) is 0 Å². The summed E-state index contributed by atoms with van der Waals surface area (Å²) in [6.45, 7) is 4.58. The molecule has 1 nitrogen and oxygen atoms in total.